The number of phenols is 2. The summed E-state index contributed by atoms with van der Waals surface area (Å²) in [7, 11) is -9.45. The fourth-order valence-electron chi connectivity index (χ4n) is 6.69. The van der Waals surface area contributed by atoms with Gasteiger partial charge in [0.25, 0.3) is 20.2 Å². The molecule has 0 bridgehead atoms. The molecule has 8 aromatic rings. The number of aromatic hydroxyl groups is 2. The molecule has 66 heavy (non-hydrogen) atoms. The molecule has 0 fully saturated rings. The van der Waals surface area contributed by atoms with Crippen LogP contribution in [0.2, 0.25) is 0 Å². The van der Waals surface area contributed by atoms with Gasteiger partial charge in [0.2, 0.25) is 0 Å². The standard InChI is InChI=1S/C41H28N6O15S4/c48-39-33-11-7-27(15-25(33)19-35(64-62-60-52)37(39)46-44-29-5-1-23-17-31(63-61-59-51)9-3-21(23)13-29)42-41(50)43-28-8-12-34-26(16-28)20-36(66(56,57)58)38(40(34)49)47-45-30-6-2-24-18-32(65(53,54)55)10-4-22(24)14-30/h1-20,48-49,51-52H,(H2,42,43,50)(H,53,54,55)(H,56,57,58). The molecule has 0 aliphatic rings. The first-order valence-corrected chi connectivity index (χ1v) is 22.8. The molecule has 0 unspecified atom stereocenters. The summed E-state index contributed by atoms with van der Waals surface area (Å²) in [4.78, 5) is 12.9. The lowest BCUT2D eigenvalue weighted by Gasteiger charge is -2.13. The lowest BCUT2D eigenvalue weighted by molar-refractivity contribution is -0.432. The zero-order valence-electron chi connectivity index (χ0n) is 32.8. The van der Waals surface area contributed by atoms with Crippen LogP contribution >= 0.6 is 24.1 Å². The van der Waals surface area contributed by atoms with Crippen molar-refractivity contribution >= 4 is 128 Å². The average molecular weight is 973 g/mol. The Balaban J connectivity index is 1.01. The van der Waals surface area contributed by atoms with Crippen LogP contribution in [0.3, 0.4) is 0 Å². The first-order chi connectivity index (χ1) is 31.6. The predicted molar refractivity (Wildman–Crippen MR) is 241 cm³/mol. The van der Waals surface area contributed by atoms with E-state index in [0.717, 1.165) is 28.9 Å². The second-order valence-corrected chi connectivity index (χ2v) is 18.1. The Kier molecular flexibility index (Phi) is 13.1. The van der Waals surface area contributed by atoms with Crippen molar-refractivity contribution in [1.29, 1.82) is 0 Å². The van der Waals surface area contributed by atoms with Gasteiger partial charge in [0, 0.05) is 27.0 Å². The molecule has 336 valence electrons. The van der Waals surface area contributed by atoms with Gasteiger partial charge in [-0.1, -0.05) is 34.3 Å². The average Bonchev–Trinajstić information content (AvgIpc) is 3.28. The maximum Gasteiger partial charge on any atom is 0.323 e. The highest BCUT2D eigenvalue weighted by Crippen LogP contribution is 2.45. The van der Waals surface area contributed by atoms with E-state index < -0.39 is 42.6 Å². The Hall–Kier alpha value is -6.85. The Morgan fingerprint density at radius 2 is 1.03 bits per heavy atom. The van der Waals surface area contributed by atoms with Gasteiger partial charge in [-0.25, -0.2) is 15.3 Å². The van der Waals surface area contributed by atoms with E-state index in [1.54, 1.807) is 36.4 Å². The molecule has 0 heterocycles. The third-order valence-corrected chi connectivity index (χ3v) is 12.5. The van der Waals surface area contributed by atoms with Crippen LogP contribution in [0.4, 0.5) is 38.9 Å². The van der Waals surface area contributed by atoms with Crippen molar-refractivity contribution in [3.8, 4) is 11.5 Å². The van der Waals surface area contributed by atoms with E-state index in [1.165, 1.54) is 78.9 Å². The third kappa shape index (κ3) is 10.2. The lowest BCUT2D eigenvalue weighted by atomic mass is 10.1. The third-order valence-electron chi connectivity index (χ3n) is 9.63. The van der Waals surface area contributed by atoms with Crippen LogP contribution in [-0.2, 0) is 39.0 Å². The van der Waals surface area contributed by atoms with E-state index in [1.807, 2.05) is 0 Å². The first-order valence-electron chi connectivity index (χ1n) is 18.4. The normalized spacial score (nSPS) is 12.3. The molecule has 0 aliphatic carbocycles. The van der Waals surface area contributed by atoms with E-state index in [-0.39, 0.29) is 49.1 Å². The number of phenolic OH excluding ortho intramolecular Hbond substituents is 2. The van der Waals surface area contributed by atoms with E-state index in [0.29, 0.717) is 44.2 Å². The SMILES string of the molecule is O=C(Nc1ccc2c(O)c(N=Nc3ccc4cc(SOOO)ccc4c3)c(SOOO)cc2c1)Nc1ccc2c(O)c(N=Nc3ccc4cc(S(=O)(=O)O)ccc4c3)c(S(=O)(=O)O)cc2c1. The van der Waals surface area contributed by atoms with Gasteiger partial charge in [-0.05, 0) is 129 Å². The smallest absolute Gasteiger partial charge is 0.323 e. The molecule has 25 heteroatoms. The second-order valence-electron chi connectivity index (χ2n) is 13.8. The monoisotopic (exact) mass is 972 g/mol. The van der Waals surface area contributed by atoms with E-state index in [9.17, 15) is 40.9 Å². The van der Waals surface area contributed by atoms with Crippen molar-refractivity contribution in [3.63, 3.8) is 0 Å². The number of urea groups is 1. The van der Waals surface area contributed by atoms with Crippen LogP contribution in [0.5, 0.6) is 11.5 Å². The first kappa shape index (κ1) is 45.7. The van der Waals surface area contributed by atoms with Gasteiger partial charge < -0.3 is 20.8 Å². The maximum absolute atomic E-state index is 13.2. The van der Waals surface area contributed by atoms with E-state index >= 15 is 0 Å². The second kappa shape index (κ2) is 18.9. The quantitative estimate of drug-likeness (QED) is 0.0165. The molecule has 0 radical (unpaired) electrons. The number of hydrogen-bond acceptors (Lipinski definition) is 19. The molecule has 0 spiro atoms. The Bertz CT molecular complexity index is 3540. The molecule has 8 rings (SSSR count). The minimum Gasteiger partial charge on any atom is -0.505 e. The van der Waals surface area contributed by atoms with Gasteiger partial charge in [0.1, 0.15) is 16.3 Å². The maximum atomic E-state index is 13.2. The molecule has 0 aliphatic heterocycles. The van der Waals surface area contributed by atoms with Crippen molar-refractivity contribution in [2.24, 2.45) is 20.5 Å². The highest BCUT2D eigenvalue weighted by Gasteiger charge is 2.23. The number of nitrogens with one attached hydrogen (secondary N) is 2. The van der Waals surface area contributed by atoms with Gasteiger partial charge in [-0.2, -0.15) is 27.1 Å². The number of nitrogens with zero attached hydrogens (tertiary/aromatic N) is 4. The minimum absolute atomic E-state index is 0.0308. The highest BCUT2D eigenvalue weighted by molar-refractivity contribution is 7.95. The Morgan fingerprint density at radius 3 is 1.62 bits per heavy atom. The topological polar surface area (TPSA) is 317 Å². The molecule has 0 saturated heterocycles. The molecule has 0 aromatic heterocycles. The van der Waals surface area contributed by atoms with Crippen LogP contribution in [-0.4, -0.2) is 52.7 Å². The molecule has 2 amide bonds. The van der Waals surface area contributed by atoms with Crippen LogP contribution < -0.4 is 10.6 Å². The number of carbonyl (C=O) groups excluding carboxylic acids is 1. The summed E-state index contributed by atoms with van der Waals surface area (Å²) in [5.41, 5.74) is 0.392. The highest BCUT2D eigenvalue weighted by atomic mass is 32.2. The summed E-state index contributed by atoms with van der Waals surface area (Å²) >= 11 is 1.33. The van der Waals surface area contributed by atoms with Crippen molar-refractivity contribution in [2.75, 3.05) is 10.6 Å². The van der Waals surface area contributed by atoms with E-state index in [4.69, 9.17) is 10.5 Å². The molecule has 0 saturated carbocycles. The summed E-state index contributed by atoms with van der Waals surface area (Å²) in [5.74, 6) is -0.965. The molecule has 21 nitrogen and oxygen atoms in total. The van der Waals surface area contributed by atoms with Gasteiger partial charge in [0.05, 0.1) is 45.3 Å². The summed E-state index contributed by atoms with van der Waals surface area (Å²) < 4.78 is 76.6. The number of carbonyl (C=O) groups is 1. The lowest BCUT2D eigenvalue weighted by Crippen LogP contribution is -2.19. The van der Waals surface area contributed by atoms with Crippen LogP contribution in [0.1, 0.15) is 0 Å². The van der Waals surface area contributed by atoms with Gasteiger partial charge in [0.15, 0.2) is 11.5 Å². The summed E-state index contributed by atoms with van der Waals surface area (Å²) in [6.45, 7) is 0. The zero-order chi connectivity index (χ0) is 46.8. The molecule has 8 N–H and O–H groups in total. The van der Waals surface area contributed by atoms with E-state index in [2.05, 4.69) is 49.8 Å². The largest absolute Gasteiger partial charge is 0.505 e. The van der Waals surface area contributed by atoms with Crippen molar-refractivity contribution in [2.45, 2.75) is 19.6 Å². The fraction of sp³-hybridized carbons (Fsp3) is 0. The minimum atomic E-state index is -5.01. The number of hydrogen-bond donors (Lipinski definition) is 8. The number of rotatable bonds is 14. The Morgan fingerprint density at radius 1 is 0.515 bits per heavy atom. The number of amides is 2. The van der Waals surface area contributed by atoms with Crippen molar-refractivity contribution in [3.05, 3.63) is 121 Å². The number of anilines is 2. The van der Waals surface area contributed by atoms with Gasteiger partial charge in [-0.3, -0.25) is 9.11 Å². The van der Waals surface area contributed by atoms with Crippen LogP contribution in [0.15, 0.2) is 161 Å². The molecule has 0 atom stereocenters. The number of benzene rings is 8. The summed E-state index contributed by atoms with van der Waals surface area (Å²) in [6.07, 6.45) is 0. The molecular weight excluding hydrogens is 945 g/mol. The van der Waals surface area contributed by atoms with Gasteiger partial charge >= 0.3 is 6.03 Å². The van der Waals surface area contributed by atoms with Crippen LogP contribution in [0, 0.1) is 0 Å². The van der Waals surface area contributed by atoms with Crippen molar-refractivity contribution < 1.29 is 70.2 Å². The number of azo groups is 2. The number of fused-ring (bicyclic) bond motifs is 4. The molecule has 8 aromatic carbocycles. The van der Waals surface area contributed by atoms with Gasteiger partial charge in [-0.15, -0.1) is 18.9 Å². The van der Waals surface area contributed by atoms with Crippen molar-refractivity contribution in [1.82, 2.24) is 0 Å². The summed E-state index contributed by atoms with van der Waals surface area (Å²) in [5, 5.41) is 72.3. The zero-order valence-corrected chi connectivity index (χ0v) is 36.1. The summed E-state index contributed by atoms with van der Waals surface area (Å²) in [6, 6.07) is 29.3. The molecular formula is C41H28N6O15S4. The Labute approximate surface area is 379 Å². The van der Waals surface area contributed by atoms with Crippen LogP contribution in [0.25, 0.3) is 43.1 Å². The predicted octanol–water partition coefficient (Wildman–Crippen LogP) is 11.5. The fourth-order valence-corrected chi connectivity index (χ4v) is 8.76.